The average Bonchev–Trinajstić information content (AvgIpc) is 2.58. The summed E-state index contributed by atoms with van der Waals surface area (Å²) in [6, 6.07) is 1.75. The van der Waals surface area contributed by atoms with Gasteiger partial charge in [-0.15, -0.1) is 0 Å². The fraction of sp³-hybridized carbons (Fsp3) is 0.429. The molecule has 1 N–H and O–H groups in total. The molecule has 0 aliphatic carbocycles. The fourth-order valence-corrected chi connectivity index (χ4v) is 3.03. The minimum atomic E-state index is -1.30. The average molecular weight is 368 g/mol. The number of aromatic nitrogens is 3. The molecule has 0 saturated carbocycles. The number of pyridine rings is 1. The van der Waals surface area contributed by atoms with Crippen LogP contribution in [0.25, 0.3) is 11.0 Å². The second-order valence-electron chi connectivity index (χ2n) is 5.57. The number of carboxylic acid groups (broad SMARTS) is 1. The molecule has 1 atom stereocenters. The molecule has 3 rings (SSSR count). The summed E-state index contributed by atoms with van der Waals surface area (Å²) in [7, 11) is 0. The molecule has 0 amide bonds. The maximum atomic E-state index is 12.6. The highest BCUT2D eigenvalue weighted by atomic mass is 79.9. The van der Waals surface area contributed by atoms with Crippen molar-refractivity contribution in [1.29, 1.82) is 0 Å². The molecule has 0 saturated heterocycles. The maximum absolute atomic E-state index is 12.6. The van der Waals surface area contributed by atoms with Crippen molar-refractivity contribution >= 4 is 33.1 Å². The third-order valence-corrected chi connectivity index (χ3v) is 4.35. The van der Waals surface area contributed by atoms with Gasteiger partial charge in [-0.3, -0.25) is 9.36 Å². The van der Waals surface area contributed by atoms with Gasteiger partial charge in [-0.25, -0.2) is 14.8 Å². The monoisotopic (exact) mass is 367 g/mol. The van der Waals surface area contributed by atoms with Crippen LogP contribution in [0.1, 0.15) is 25.6 Å². The van der Waals surface area contributed by atoms with E-state index in [1.807, 2.05) is 0 Å². The highest BCUT2D eigenvalue weighted by molar-refractivity contribution is 9.10. The largest absolute Gasteiger partial charge is 0.506 e. The molecule has 116 valence electrons. The van der Waals surface area contributed by atoms with E-state index >= 15 is 0 Å². The van der Waals surface area contributed by atoms with Crippen molar-refractivity contribution in [2.75, 3.05) is 0 Å². The third-order valence-electron chi connectivity index (χ3n) is 3.92. The summed E-state index contributed by atoms with van der Waals surface area (Å²) in [6.45, 7) is 2.10. The number of nitrogens with zero attached hydrogens (tertiary/aromatic N) is 3. The van der Waals surface area contributed by atoms with Crippen LogP contribution in [0.3, 0.4) is 0 Å². The molecular formula is C14H14BrN3O4. The first kappa shape index (κ1) is 15.0. The van der Waals surface area contributed by atoms with Gasteiger partial charge in [-0.2, -0.15) is 0 Å². The van der Waals surface area contributed by atoms with E-state index in [-0.39, 0.29) is 5.56 Å². The first-order valence-electron chi connectivity index (χ1n) is 6.85. The van der Waals surface area contributed by atoms with Crippen molar-refractivity contribution < 1.29 is 14.6 Å². The predicted octanol–water partition coefficient (Wildman–Crippen LogP) is 2.34. The molecular weight excluding hydrogens is 354 g/mol. The maximum Gasteiger partial charge on any atom is 0.506 e. The number of halogens is 1. The smallest absolute Gasteiger partial charge is 0.450 e. The predicted molar refractivity (Wildman–Crippen MR) is 82.0 cm³/mol. The molecule has 0 bridgehead atoms. The number of hydrogen-bond donors (Lipinski definition) is 1. The SMILES string of the molecule is CC1(OC(=O)O)CCc2nc3cc(Br)cnc3c(=O)n2CC1. The van der Waals surface area contributed by atoms with Gasteiger partial charge in [0.2, 0.25) is 0 Å². The minimum absolute atomic E-state index is 0.202. The van der Waals surface area contributed by atoms with E-state index in [0.29, 0.717) is 42.7 Å². The first-order valence-corrected chi connectivity index (χ1v) is 7.64. The van der Waals surface area contributed by atoms with E-state index in [1.54, 1.807) is 23.8 Å². The molecule has 1 unspecified atom stereocenters. The number of carbonyl (C=O) groups is 1. The normalized spacial score (nSPS) is 21.2. The summed E-state index contributed by atoms with van der Waals surface area (Å²) in [4.78, 5) is 32.0. The second-order valence-corrected chi connectivity index (χ2v) is 6.49. The Morgan fingerprint density at radius 2 is 2.27 bits per heavy atom. The third kappa shape index (κ3) is 2.70. The van der Waals surface area contributed by atoms with E-state index in [1.165, 1.54) is 0 Å². The van der Waals surface area contributed by atoms with Crippen LogP contribution >= 0.6 is 15.9 Å². The quantitative estimate of drug-likeness (QED) is 0.777. The van der Waals surface area contributed by atoms with Crippen molar-refractivity contribution in [3.63, 3.8) is 0 Å². The summed E-state index contributed by atoms with van der Waals surface area (Å²) >= 11 is 3.32. The van der Waals surface area contributed by atoms with Crippen LogP contribution in [0.2, 0.25) is 0 Å². The molecule has 0 aromatic carbocycles. The van der Waals surface area contributed by atoms with Crippen LogP contribution in [-0.2, 0) is 17.7 Å². The van der Waals surface area contributed by atoms with Crippen LogP contribution in [0, 0.1) is 0 Å². The Kier molecular flexibility index (Phi) is 3.64. The van der Waals surface area contributed by atoms with Crippen LogP contribution < -0.4 is 5.56 Å². The fourth-order valence-electron chi connectivity index (χ4n) is 2.71. The summed E-state index contributed by atoms with van der Waals surface area (Å²) < 4.78 is 7.32. The van der Waals surface area contributed by atoms with E-state index in [9.17, 15) is 9.59 Å². The van der Waals surface area contributed by atoms with Crippen LogP contribution in [0.15, 0.2) is 21.5 Å². The zero-order valence-corrected chi connectivity index (χ0v) is 13.5. The van der Waals surface area contributed by atoms with E-state index in [2.05, 4.69) is 25.9 Å². The van der Waals surface area contributed by atoms with Gasteiger partial charge >= 0.3 is 6.16 Å². The zero-order valence-electron chi connectivity index (χ0n) is 11.9. The van der Waals surface area contributed by atoms with Gasteiger partial charge in [0, 0.05) is 30.1 Å². The van der Waals surface area contributed by atoms with Gasteiger partial charge in [0.1, 0.15) is 11.4 Å². The molecule has 7 nitrogen and oxygen atoms in total. The number of ether oxygens (including phenoxy) is 1. The molecule has 2 aromatic heterocycles. The van der Waals surface area contributed by atoms with Gasteiger partial charge in [0.15, 0.2) is 5.52 Å². The van der Waals surface area contributed by atoms with Crippen molar-refractivity contribution in [3.05, 3.63) is 32.9 Å². The summed E-state index contributed by atoms with van der Waals surface area (Å²) in [6.07, 6.45) is 1.65. The molecule has 0 fully saturated rings. The Hall–Kier alpha value is -1.96. The first-order chi connectivity index (χ1) is 10.4. The zero-order chi connectivity index (χ0) is 15.9. The summed E-state index contributed by atoms with van der Waals surface area (Å²) in [5, 5.41) is 8.86. The number of aryl methyl sites for hydroxylation is 1. The minimum Gasteiger partial charge on any atom is -0.450 e. The standard InChI is InChI=1S/C14H14BrN3O4/c1-14(22-13(20)21)3-2-10-17-9-6-8(15)7-16-11(9)12(19)18(10)5-4-14/h6-7H,2-5H2,1H3,(H,20,21). The lowest BCUT2D eigenvalue weighted by atomic mass is 9.97. The Balaban J connectivity index is 2.05. The molecule has 8 heteroatoms. The summed E-state index contributed by atoms with van der Waals surface area (Å²) in [5.41, 5.74) is -0.165. The van der Waals surface area contributed by atoms with Crippen LogP contribution in [0.5, 0.6) is 0 Å². The molecule has 22 heavy (non-hydrogen) atoms. The van der Waals surface area contributed by atoms with Crippen LogP contribution in [-0.4, -0.2) is 31.4 Å². The highest BCUT2D eigenvalue weighted by Crippen LogP contribution is 2.27. The van der Waals surface area contributed by atoms with Crippen molar-refractivity contribution in [2.45, 2.75) is 38.3 Å². The molecule has 0 radical (unpaired) electrons. The Labute approximate surface area is 134 Å². The molecule has 0 spiro atoms. The van der Waals surface area contributed by atoms with Crippen LogP contribution in [0.4, 0.5) is 4.79 Å². The van der Waals surface area contributed by atoms with E-state index in [0.717, 1.165) is 4.47 Å². The lowest BCUT2D eigenvalue weighted by molar-refractivity contribution is -0.0173. The van der Waals surface area contributed by atoms with Gasteiger partial charge in [-0.1, -0.05) is 0 Å². The molecule has 1 aliphatic heterocycles. The van der Waals surface area contributed by atoms with Gasteiger partial charge in [0.25, 0.3) is 5.56 Å². The number of rotatable bonds is 1. The van der Waals surface area contributed by atoms with E-state index < -0.39 is 11.8 Å². The van der Waals surface area contributed by atoms with Gasteiger partial charge < -0.3 is 9.84 Å². The van der Waals surface area contributed by atoms with E-state index in [4.69, 9.17) is 9.84 Å². The second kappa shape index (κ2) is 5.35. The highest BCUT2D eigenvalue weighted by Gasteiger charge is 2.32. The van der Waals surface area contributed by atoms with Gasteiger partial charge in [0.05, 0.1) is 5.52 Å². The number of hydrogen-bond acceptors (Lipinski definition) is 5. The molecule has 2 aromatic rings. The lowest BCUT2D eigenvalue weighted by Gasteiger charge is -2.25. The van der Waals surface area contributed by atoms with Crippen molar-refractivity contribution in [1.82, 2.24) is 14.5 Å². The number of fused-ring (bicyclic) bond motifs is 2. The Bertz CT molecular complexity index is 820. The van der Waals surface area contributed by atoms with Crippen molar-refractivity contribution in [3.8, 4) is 0 Å². The summed E-state index contributed by atoms with van der Waals surface area (Å²) in [5.74, 6) is 0.634. The molecule has 1 aliphatic rings. The van der Waals surface area contributed by atoms with Crippen molar-refractivity contribution in [2.24, 2.45) is 0 Å². The van der Waals surface area contributed by atoms with Gasteiger partial charge in [-0.05, 0) is 35.3 Å². The topological polar surface area (TPSA) is 94.3 Å². The Morgan fingerprint density at radius 3 is 3.00 bits per heavy atom. The lowest BCUT2D eigenvalue weighted by Crippen LogP contribution is -2.32. The Morgan fingerprint density at radius 1 is 1.50 bits per heavy atom. The molecule has 3 heterocycles.